The smallest absolute Gasteiger partial charge is 0.408 e. The second-order valence-electron chi connectivity index (χ2n) is 20.0. The van der Waals surface area contributed by atoms with Gasteiger partial charge in [-0.2, -0.15) is 0 Å². The third kappa shape index (κ3) is 8.30. The van der Waals surface area contributed by atoms with Crippen LogP contribution in [0.5, 0.6) is 0 Å². The monoisotopic (exact) mass is 865 g/mol. The molecule has 7 rings (SSSR count). The van der Waals surface area contributed by atoms with Gasteiger partial charge in [-0.3, -0.25) is 9.59 Å². The van der Waals surface area contributed by atoms with Crippen molar-refractivity contribution in [3.05, 3.63) is 71.8 Å². The van der Waals surface area contributed by atoms with Crippen LogP contribution in [0, 0.1) is 40.4 Å². The highest BCUT2D eigenvalue weighted by Crippen LogP contribution is 2.64. The molecule has 4 saturated carbocycles. The van der Waals surface area contributed by atoms with Crippen LogP contribution in [0.4, 0.5) is 4.79 Å². The molecule has 2 aromatic carbocycles. The van der Waals surface area contributed by atoms with Gasteiger partial charge < -0.3 is 54.5 Å². The Hall–Kier alpha value is -3.96. The van der Waals surface area contributed by atoms with Crippen LogP contribution in [-0.2, 0) is 38.1 Å². The molecule has 5 unspecified atom stereocenters. The van der Waals surface area contributed by atoms with E-state index < -0.39 is 119 Å². The Morgan fingerprint density at radius 1 is 0.935 bits per heavy atom. The summed E-state index contributed by atoms with van der Waals surface area (Å²) < 4.78 is 30.4. The number of nitrogens with one attached hydrogen (secondary N) is 1. The van der Waals surface area contributed by atoms with Gasteiger partial charge in [-0.1, -0.05) is 88.4 Å². The molecule has 1 amide bonds. The van der Waals surface area contributed by atoms with Crippen molar-refractivity contribution >= 4 is 23.8 Å². The predicted molar refractivity (Wildman–Crippen MR) is 220 cm³/mol. The normalized spacial score (nSPS) is 37.7. The first-order chi connectivity index (χ1) is 29.1. The average molecular weight is 866 g/mol. The SMILES string of the molecule is CC1C2[C@H](O)[C@H](O)[C@]3(C)[C@@H]([C@@H](OC(O)c4ccccc4)[C@@](O)(C[C@H]1OC(=O)[C@@H](OC(=O)C1CCC(=O)C1)[C@H](NC(=O)OC(C)(C)C)c1ccccc1)C2(C)C)[C@H]1COC1C[C@H]3O. The van der Waals surface area contributed by atoms with Gasteiger partial charge in [-0.15, -0.1) is 0 Å². The highest BCUT2D eigenvalue weighted by atomic mass is 16.6. The second kappa shape index (κ2) is 17.2. The number of carbonyl (C=O) groups excluding carboxylic acids is 4. The maximum absolute atomic E-state index is 14.9. The number of ketones is 1. The summed E-state index contributed by atoms with van der Waals surface area (Å²) in [5, 5.41) is 64.7. The minimum absolute atomic E-state index is 0.0718. The molecule has 15 heteroatoms. The van der Waals surface area contributed by atoms with E-state index in [4.69, 9.17) is 23.7 Å². The lowest BCUT2D eigenvalue weighted by Gasteiger charge is -2.68. The van der Waals surface area contributed by atoms with Crippen molar-refractivity contribution in [2.75, 3.05) is 6.61 Å². The van der Waals surface area contributed by atoms with Crippen LogP contribution in [0.25, 0.3) is 0 Å². The minimum Gasteiger partial charge on any atom is -0.459 e. The lowest BCUT2D eigenvalue weighted by atomic mass is 9.43. The molecule has 2 bridgehead atoms. The van der Waals surface area contributed by atoms with Gasteiger partial charge in [0, 0.05) is 59.8 Å². The van der Waals surface area contributed by atoms with Gasteiger partial charge in [0.15, 0.2) is 6.29 Å². The van der Waals surface area contributed by atoms with Gasteiger partial charge in [-0.05, 0) is 38.7 Å². The van der Waals surface area contributed by atoms with E-state index in [0.29, 0.717) is 11.1 Å². The van der Waals surface area contributed by atoms with Gasteiger partial charge in [0.05, 0.1) is 43.0 Å². The van der Waals surface area contributed by atoms with E-state index in [2.05, 4.69) is 5.32 Å². The van der Waals surface area contributed by atoms with E-state index in [1.807, 2.05) is 0 Å². The molecular weight excluding hydrogens is 803 g/mol. The summed E-state index contributed by atoms with van der Waals surface area (Å²) in [6, 6.07) is 15.6. The predicted octanol–water partition coefficient (Wildman–Crippen LogP) is 4.07. The summed E-state index contributed by atoms with van der Waals surface area (Å²) in [6.45, 7) is 12.1. The fourth-order valence-corrected chi connectivity index (χ4v) is 11.4. The highest BCUT2D eigenvalue weighted by Gasteiger charge is 2.73. The molecule has 62 heavy (non-hydrogen) atoms. The zero-order chi connectivity index (χ0) is 45.1. The quantitative estimate of drug-likeness (QED) is 0.113. The number of hydrogen-bond acceptors (Lipinski definition) is 14. The van der Waals surface area contributed by atoms with Crippen LogP contribution >= 0.6 is 0 Å². The zero-order valence-corrected chi connectivity index (χ0v) is 36.5. The Morgan fingerprint density at radius 3 is 2.13 bits per heavy atom. The molecule has 5 aliphatic rings. The van der Waals surface area contributed by atoms with E-state index in [0.717, 1.165) is 0 Å². The van der Waals surface area contributed by atoms with E-state index >= 15 is 0 Å². The number of aliphatic hydroxyl groups excluding tert-OH is 4. The maximum atomic E-state index is 14.9. The molecule has 16 atom stereocenters. The Morgan fingerprint density at radius 2 is 1.56 bits per heavy atom. The maximum Gasteiger partial charge on any atom is 0.408 e. The van der Waals surface area contributed by atoms with Crippen LogP contribution < -0.4 is 5.32 Å². The molecule has 6 N–H and O–H groups in total. The lowest BCUT2D eigenvalue weighted by molar-refractivity contribution is -0.358. The van der Waals surface area contributed by atoms with Gasteiger partial charge in [0.2, 0.25) is 6.10 Å². The van der Waals surface area contributed by atoms with Crippen LogP contribution in [0.2, 0.25) is 0 Å². The Balaban J connectivity index is 1.31. The van der Waals surface area contributed by atoms with Crippen molar-refractivity contribution in [2.24, 2.45) is 40.4 Å². The molecule has 0 radical (unpaired) electrons. The number of fused-ring (bicyclic) bond motifs is 5. The minimum atomic E-state index is -2.04. The zero-order valence-electron chi connectivity index (χ0n) is 36.5. The molecule has 340 valence electrons. The molecule has 4 aliphatic carbocycles. The molecule has 0 spiro atoms. The molecule has 1 saturated heterocycles. The summed E-state index contributed by atoms with van der Waals surface area (Å²) in [5.74, 6) is -5.97. The largest absolute Gasteiger partial charge is 0.459 e. The highest BCUT2D eigenvalue weighted by molar-refractivity contribution is 5.89. The molecule has 1 aliphatic heterocycles. The molecule has 2 aromatic rings. The summed E-state index contributed by atoms with van der Waals surface area (Å²) in [7, 11) is 0. The number of esters is 2. The number of hydrogen-bond donors (Lipinski definition) is 6. The Labute approximate surface area is 362 Å². The van der Waals surface area contributed by atoms with Gasteiger partial charge >= 0.3 is 18.0 Å². The van der Waals surface area contributed by atoms with E-state index in [9.17, 15) is 44.7 Å². The topological polar surface area (TPSA) is 228 Å². The van der Waals surface area contributed by atoms with Crippen molar-refractivity contribution in [1.82, 2.24) is 5.32 Å². The summed E-state index contributed by atoms with van der Waals surface area (Å²) >= 11 is 0. The van der Waals surface area contributed by atoms with Crippen molar-refractivity contribution in [1.29, 1.82) is 0 Å². The summed E-state index contributed by atoms with van der Waals surface area (Å²) in [6.07, 6.45) is -11.6. The number of benzene rings is 2. The number of Topliss-reactive ketones (excluding diaryl/α,β-unsaturated/α-hetero) is 1. The Kier molecular flexibility index (Phi) is 12.8. The second-order valence-corrected chi connectivity index (χ2v) is 20.0. The molecular formula is C47H63NO14. The van der Waals surface area contributed by atoms with Crippen molar-refractivity contribution in [3.63, 3.8) is 0 Å². The van der Waals surface area contributed by atoms with Crippen molar-refractivity contribution in [2.45, 2.75) is 147 Å². The molecule has 1 heterocycles. The van der Waals surface area contributed by atoms with E-state index in [-0.39, 0.29) is 50.4 Å². The van der Waals surface area contributed by atoms with Crippen LogP contribution in [0.1, 0.15) is 104 Å². The van der Waals surface area contributed by atoms with Gasteiger partial charge in [0.25, 0.3) is 0 Å². The number of aliphatic hydroxyl groups is 5. The molecule has 5 fully saturated rings. The van der Waals surface area contributed by atoms with E-state index in [1.165, 1.54) is 0 Å². The number of carbonyl (C=O) groups is 4. The summed E-state index contributed by atoms with van der Waals surface area (Å²) in [5.41, 5.74) is -5.00. The molecule has 15 nitrogen and oxygen atoms in total. The van der Waals surface area contributed by atoms with Gasteiger partial charge in [-0.25, -0.2) is 9.59 Å². The first-order valence-corrected chi connectivity index (χ1v) is 21.8. The standard InChI is InChI=1S/C47H63NO14/c1-24-31(59-42(55)37(60-41(54)27-18-19-28(49)20-27)35(25-14-10-8-11-15-25)48-43(56)62-44(2,3)4)22-47(57)39(61-40(53)26-16-12-9-13-17-26)34-29-23-58-30(29)21-32(50)46(34,7)38(52)36(51)33(24)45(47,5)6/h8-17,24,27,29-40,50-53,57H,18-23H2,1-7H3,(H,48,56)/t24?,27?,29-,30?,31+,32+,33?,34+,35+,36-,37-,38-,39+,40?,46-,47-/m0/s1. The van der Waals surface area contributed by atoms with Crippen molar-refractivity contribution < 1.29 is 68.4 Å². The third-order valence-corrected chi connectivity index (χ3v) is 14.9. The third-order valence-electron chi connectivity index (χ3n) is 14.9. The number of rotatable bonds is 10. The average Bonchev–Trinajstić information content (AvgIpc) is 3.65. The fourth-order valence-electron chi connectivity index (χ4n) is 11.4. The number of ether oxygens (including phenoxy) is 5. The summed E-state index contributed by atoms with van der Waals surface area (Å²) in [4.78, 5) is 54.4. The number of alkyl carbamates (subject to hydrolysis) is 1. The van der Waals surface area contributed by atoms with Crippen LogP contribution in [0.15, 0.2) is 60.7 Å². The van der Waals surface area contributed by atoms with E-state index in [1.54, 1.807) is 109 Å². The first-order valence-electron chi connectivity index (χ1n) is 21.8. The first kappa shape index (κ1) is 46.0. The molecule has 0 aromatic heterocycles. The van der Waals surface area contributed by atoms with Gasteiger partial charge in [0.1, 0.15) is 29.1 Å². The van der Waals surface area contributed by atoms with Crippen LogP contribution in [0.3, 0.4) is 0 Å². The number of amides is 1. The Bertz CT molecular complexity index is 1960. The van der Waals surface area contributed by atoms with Crippen LogP contribution in [-0.4, -0.2) is 110 Å². The van der Waals surface area contributed by atoms with Crippen molar-refractivity contribution in [3.8, 4) is 0 Å². The fraction of sp³-hybridized carbons (Fsp3) is 0.660. The lowest BCUT2D eigenvalue weighted by Crippen LogP contribution is -2.78.